The first-order valence-electron chi connectivity index (χ1n) is 5.79. The molecule has 0 saturated carbocycles. The Morgan fingerprint density at radius 3 is 2.53 bits per heavy atom. The number of hydrogen-bond acceptors (Lipinski definition) is 4. The lowest BCUT2D eigenvalue weighted by molar-refractivity contribution is -0.114. The highest BCUT2D eigenvalue weighted by Gasteiger charge is 2.13. The summed E-state index contributed by atoms with van der Waals surface area (Å²) < 4.78 is 5.24. The van der Waals surface area contributed by atoms with E-state index in [2.05, 4.69) is 5.32 Å². The highest BCUT2D eigenvalue weighted by atomic mass is 16.5. The third-order valence-corrected chi connectivity index (χ3v) is 2.18. The van der Waals surface area contributed by atoms with Crippen LogP contribution in [0.25, 0.3) is 0 Å². The lowest BCUT2D eigenvalue weighted by atomic mass is 10.1. The van der Waals surface area contributed by atoms with E-state index in [1.165, 1.54) is 6.20 Å². The molecule has 98 valence electrons. The second-order valence-corrected chi connectivity index (χ2v) is 3.42. The molecule has 0 aromatic carbocycles. The SMILES string of the molecule is CC.N=C(N)/C(=C\N[C@@H]1CCCOC1)C(N)=O. The Balaban J connectivity index is 0.00000121. The Labute approximate surface area is 102 Å². The predicted molar refractivity (Wildman–Crippen MR) is 67.5 cm³/mol. The molecular weight excluding hydrogens is 220 g/mol. The third-order valence-electron chi connectivity index (χ3n) is 2.18. The quantitative estimate of drug-likeness (QED) is 0.317. The number of primary amides is 1. The first-order valence-corrected chi connectivity index (χ1v) is 5.79. The lowest BCUT2D eigenvalue weighted by Gasteiger charge is -2.22. The zero-order valence-corrected chi connectivity index (χ0v) is 10.5. The molecular formula is C11H22N4O2. The molecule has 1 heterocycles. The summed E-state index contributed by atoms with van der Waals surface area (Å²) in [5.74, 6) is -1.03. The number of amidine groups is 1. The molecule has 6 heteroatoms. The van der Waals surface area contributed by atoms with Crippen LogP contribution in [0.1, 0.15) is 26.7 Å². The van der Waals surface area contributed by atoms with Crippen molar-refractivity contribution in [3.8, 4) is 0 Å². The molecule has 1 rings (SSSR count). The van der Waals surface area contributed by atoms with Crippen molar-refractivity contribution in [3.05, 3.63) is 11.8 Å². The fraction of sp³-hybridized carbons (Fsp3) is 0.636. The van der Waals surface area contributed by atoms with Crippen molar-refractivity contribution in [1.29, 1.82) is 5.41 Å². The average molecular weight is 242 g/mol. The minimum Gasteiger partial charge on any atom is -0.385 e. The summed E-state index contributed by atoms with van der Waals surface area (Å²) in [6.45, 7) is 5.37. The van der Waals surface area contributed by atoms with Gasteiger partial charge in [0.1, 0.15) is 5.84 Å². The molecule has 0 aliphatic carbocycles. The minimum atomic E-state index is -0.702. The molecule has 17 heavy (non-hydrogen) atoms. The molecule has 0 bridgehead atoms. The number of nitrogens with one attached hydrogen (secondary N) is 2. The zero-order chi connectivity index (χ0) is 13.3. The van der Waals surface area contributed by atoms with Crippen LogP contribution in [0, 0.1) is 5.41 Å². The van der Waals surface area contributed by atoms with Crippen LogP contribution in [0.15, 0.2) is 11.8 Å². The largest absolute Gasteiger partial charge is 0.385 e. The highest BCUT2D eigenvalue weighted by molar-refractivity contribution is 6.18. The van der Waals surface area contributed by atoms with Gasteiger partial charge < -0.3 is 21.5 Å². The van der Waals surface area contributed by atoms with Crippen molar-refractivity contribution in [1.82, 2.24) is 5.32 Å². The summed E-state index contributed by atoms with van der Waals surface area (Å²) in [4.78, 5) is 10.9. The van der Waals surface area contributed by atoms with Gasteiger partial charge in [0.15, 0.2) is 0 Å². The molecule has 0 aromatic rings. The molecule has 0 unspecified atom stereocenters. The summed E-state index contributed by atoms with van der Waals surface area (Å²) in [6.07, 6.45) is 3.35. The van der Waals surface area contributed by atoms with Crippen LogP contribution in [0.2, 0.25) is 0 Å². The normalized spacial score (nSPS) is 19.9. The van der Waals surface area contributed by atoms with Crippen molar-refractivity contribution in [3.63, 3.8) is 0 Å². The van der Waals surface area contributed by atoms with E-state index < -0.39 is 5.91 Å². The van der Waals surface area contributed by atoms with Crippen molar-refractivity contribution in [2.24, 2.45) is 11.5 Å². The number of rotatable bonds is 4. The third kappa shape index (κ3) is 5.91. The summed E-state index contributed by atoms with van der Waals surface area (Å²) in [5, 5.41) is 10.1. The zero-order valence-electron chi connectivity index (χ0n) is 10.5. The first-order chi connectivity index (χ1) is 8.11. The van der Waals surface area contributed by atoms with Gasteiger partial charge in [-0.2, -0.15) is 0 Å². The smallest absolute Gasteiger partial charge is 0.253 e. The number of carbonyl (C=O) groups excluding carboxylic acids is 1. The van der Waals surface area contributed by atoms with Gasteiger partial charge >= 0.3 is 0 Å². The van der Waals surface area contributed by atoms with Gasteiger partial charge in [0.25, 0.3) is 5.91 Å². The van der Waals surface area contributed by atoms with Gasteiger partial charge in [-0.3, -0.25) is 10.2 Å². The van der Waals surface area contributed by atoms with Gasteiger partial charge in [-0.25, -0.2) is 0 Å². The van der Waals surface area contributed by atoms with E-state index in [-0.39, 0.29) is 17.5 Å². The molecule has 0 spiro atoms. The Bertz CT molecular complexity index is 267. The number of hydrogen-bond donors (Lipinski definition) is 4. The van der Waals surface area contributed by atoms with Crippen LogP contribution in [-0.2, 0) is 9.53 Å². The van der Waals surface area contributed by atoms with Crippen LogP contribution in [0.3, 0.4) is 0 Å². The second-order valence-electron chi connectivity index (χ2n) is 3.42. The summed E-state index contributed by atoms with van der Waals surface area (Å²) in [5.41, 5.74) is 10.3. The molecule has 1 atom stereocenters. The average Bonchev–Trinajstić information content (AvgIpc) is 2.32. The number of ether oxygens (including phenoxy) is 1. The Morgan fingerprint density at radius 2 is 2.12 bits per heavy atom. The lowest BCUT2D eigenvalue weighted by Crippen LogP contribution is -2.35. The van der Waals surface area contributed by atoms with Crippen molar-refractivity contribution < 1.29 is 9.53 Å². The maximum Gasteiger partial charge on any atom is 0.253 e. The van der Waals surface area contributed by atoms with E-state index >= 15 is 0 Å². The van der Waals surface area contributed by atoms with E-state index in [0.717, 1.165) is 19.4 Å². The first kappa shape index (κ1) is 15.4. The van der Waals surface area contributed by atoms with E-state index in [1.54, 1.807) is 0 Å². The van der Waals surface area contributed by atoms with Crippen molar-refractivity contribution >= 4 is 11.7 Å². The highest BCUT2D eigenvalue weighted by Crippen LogP contribution is 2.05. The molecule has 1 aliphatic rings. The van der Waals surface area contributed by atoms with Crippen molar-refractivity contribution in [2.75, 3.05) is 13.2 Å². The van der Waals surface area contributed by atoms with Crippen molar-refractivity contribution in [2.45, 2.75) is 32.7 Å². The Hall–Kier alpha value is -1.56. The van der Waals surface area contributed by atoms with Crippen LogP contribution in [-0.4, -0.2) is 31.0 Å². The Morgan fingerprint density at radius 1 is 1.47 bits per heavy atom. The number of amides is 1. The van der Waals surface area contributed by atoms with E-state index in [1.807, 2.05) is 13.8 Å². The number of nitrogens with two attached hydrogens (primary N) is 2. The number of carbonyl (C=O) groups is 1. The topological polar surface area (TPSA) is 114 Å². The van der Waals surface area contributed by atoms with Crippen LogP contribution in [0.5, 0.6) is 0 Å². The minimum absolute atomic E-state index is 0.000531. The van der Waals surface area contributed by atoms with Gasteiger partial charge in [0.05, 0.1) is 12.2 Å². The molecule has 6 nitrogen and oxygen atoms in total. The second kappa shape index (κ2) is 8.58. The predicted octanol–water partition coefficient (Wildman–Crippen LogP) is 0.0864. The van der Waals surface area contributed by atoms with Crippen LogP contribution in [0.4, 0.5) is 0 Å². The van der Waals surface area contributed by atoms with E-state index in [9.17, 15) is 4.79 Å². The van der Waals surface area contributed by atoms with Crippen LogP contribution >= 0.6 is 0 Å². The molecule has 1 fully saturated rings. The van der Waals surface area contributed by atoms with Gasteiger partial charge in [0, 0.05) is 18.8 Å². The maximum atomic E-state index is 10.9. The van der Waals surface area contributed by atoms with Gasteiger partial charge in [-0.1, -0.05) is 13.8 Å². The molecule has 6 N–H and O–H groups in total. The molecule has 1 amide bonds. The fourth-order valence-electron chi connectivity index (χ4n) is 1.35. The fourth-order valence-corrected chi connectivity index (χ4v) is 1.35. The monoisotopic (exact) mass is 242 g/mol. The Kier molecular flexibility index (Phi) is 7.79. The maximum absolute atomic E-state index is 10.9. The molecule has 0 radical (unpaired) electrons. The van der Waals surface area contributed by atoms with E-state index in [4.69, 9.17) is 21.6 Å². The summed E-state index contributed by atoms with van der Waals surface area (Å²) in [6, 6.07) is 0.160. The molecule has 1 saturated heterocycles. The van der Waals surface area contributed by atoms with Gasteiger partial charge in [0.2, 0.25) is 0 Å². The van der Waals surface area contributed by atoms with Crippen LogP contribution < -0.4 is 16.8 Å². The summed E-state index contributed by atoms with van der Waals surface area (Å²) in [7, 11) is 0. The molecule has 0 aromatic heterocycles. The molecule has 1 aliphatic heterocycles. The van der Waals surface area contributed by atoms with Gasteiger partial charge in [-0.15, -0.1) is 0 Å². The summed E-state index contributed by atoms with van der Waals surface area (Å²) >= 11 is 0. The van der Waals surface area contributed by atoms with Gasteiger partial charge in [-0.05, 0) is 12.8 Å². The standard InChI is InChI=1S/C9H16N4O2.C2H6/c10-8(11)7(9(12)14)4-13-6-2-1-3-15-5-6;1-2/h4,6,13H,1-3,5H2,(H3,10,11)(H2,12,14);1-2H3/b7-4+;/t6-;/m1./s1. The van der Waals surface area contributed by atoms with E-state index in [0.29, 0.717) is 6.61 Å².